The van der Waals surface area contributed by atoms with E-state index in [9.17, 15) is 14.4 Å². The van der Waals surface area contributed by atoms with Crippen molar-refractivity contribution in [1.82, 2.24) is 5.43 Å². The smallest absolute Gasteiger partial charge is 0.329 e. The third-order valence-electron chi connectivity index (χ3n) is 4.33. The van der Waals surface area contributed by atoms with Crippen LogP contribution in [-0.2, 0) is 14.4 Å². The molecule has 0 aliphatic carbocycles. The van der Waals surface area contributed by atoms with E-state index in [-0.39, 0.29) is 12.5 Å². The fourth-order valence-corrected chi connectivity index (χ4v) is 3.23. The van der Waals surface area contributed by atoms with Crippen molar-refractivity contribution >= 4 is 58.5 Å². The lowest BCUT2D eigenvalue weighted by molar-refractivity contribution is -0.136. The standard InChI is InChI=1S/C24H20Cl2N4O5/c1-34-20-8-4-18(5-9-20)29-23(32)24(33)30-27-13-15-2-6-21(7-3-15)35-14-22(31)28-19-11-16(25)10-17(26)12-19/h2-13H,14H2,1H3,(H,28,31)(H,29,32)(H,30,33)/b27-13-. The molecule has 3 aromatic rings. The summed E-state index contributed by atoms with van der Waals surface area (Å²) in [4.78, 5) is 35.9. The van der Waals surface area contributed by atoms with Gasteiger partial charge in [0.15, 0.2) is 6.61 Å². The number of carbonyl (C=O) groups excluding carboxylic acids is 3. The molecule has 35 heavy (non-hydrogen) atoms. The molecule has 180 valence electrons. The van der Waals surface area contributed by atoms with E-state index < -0.39 is 11.8 Å². The highest BCUT2D eigenvalue weighted by atomic mass is 35.5. The first-order chi connectivity index (χ1) is 16.8. The largest absolute Gasteiger partial charge is 0.497 e. The Morgan fingerprint density at radius 3 is 2.09 bits per heavy atom. The van der Waals surface area contributed by atoms with Crippen LogP contribution < -0.4 is 25.5 Å². The van der Waals surface area contributed by atoms with Gasteiger partial charge in [-0.15, -0.1) is 0 Å². The Kier molecular flexibility index (Phi) is 9.05. The quantitative estimate of drug-likeness (QED) is 0.237. The average Bonchev–Trinajstić information content (AvgIpc) is 2.83. The van der Waals surface area contributed by atoms with Crippen LogP contribution in [0.1, 0.15) is 5.56 Å². The fourth-order valence-electron chi connectivity index (χ4n) is 2.70. The van der Waals surface area contributed by atoms with Gasteiger partial charge in [0.1, 0.15) is 11.5 Å². The summed E-state index contributed by atoms with van der Waals surface area (Å²) in [5, 5.41) is 9.66. The first-order valence-electron chi connectivity index (χ1n) is 10.1. The summed E-state index contributed by atoms with van der Waals surface area (Å²) in [5.74, 6) is -1.10. The van der Waals surface area contributed by atoms with Crippen LogP contribution in [0.5, 0.6) is 11.5 Å². The highest BCUT2D eigenvalue weighted by Gasteiger charge is 2.12. The van der Waals surface area contributed by atoms with Crippen LogP contribution in [0.2, 0.25) is 10.0 Å². The highest BCUT2D eigenvalue weighted by molar-refractivity contribution is 6.39. The van der Waals surface area contributed by atoms with Gasteiger partial charge < -0.3 is 20.1 Å². The van der Waals surface area contributed by atoms with Gasteiger partial charge in [-0.05, 0) is 72.3 Å². The van der Waals surface area contributed by atoms with Crippen LogP contribution in [0.3, 0.4) is 0 Å². The van der Waals surface area contributed by atoms with E-state index in [1.165, 1.54) is 13.3 Å². The maximum absolute atomic E-state index is 12.1. The zero-order valence-corrected chi connectivity index (χ0v) is 19.9. The van der Waals surface area contributed by atoms with Gasteiger partial charge in [0.05, 0.1) is 13.3 Å². The first kappa shape index (κ1) is 25.5. The second-order valence-electron chi connectivity index (χ2n) is 6.95. The number of nitrogens with one attached hydrogen (secondary N) is 3. The van der Waals surface area contributed by atoms with Crippen LogP contribution >= 0.6 is 23.2 Å². The molecule has 3 aromatic carbocycles. The number of carbonyl (C=O) groups is 3. The SMILES string of the molecule is COc1ccc(NC(=O)C(=O)N/N=C\c2ccc(OCC(=O)Nc3cc(Cl)cc(Cl)c3)cc2)cc1. The molecular weight excluding hydrogens is 495 g/mol. The minimum absolute atomic E-state index is 0.225. The second-order valence-corrected chi connectivity index (χ2v) is 7.82. The molecule has 0 saturated carbocycles. The maximum Gasteiger partial charge on any atom is 0.329 e. The summed E-state index contributed by atoms with van der Waals surface area (Å²) in [6, 6.07) is 17.8. The molecule has 3 N–H and O–H groups in total. The monoisotopic (exact) mass is 514 g/mol. The molecule has 0 bridgehead atoms. The van der Waals surface area contributed by atoms with Crippen molar-refractivity contribution in [3.8, 4) is 11.5 Å². The van der Waals surface area contributed by atoms with E-state index in [1.807, 2.05) is 0 Å². The van der Waals surface area contributed by atoms with Gasteiger partial charge in [-0.3, -0.25) is 14.4 Å². The Morgan fingerprint density at radius 1 is 0.829 bits per heavy atom. The number of nitrogens with zero attached hydrogens (tertiary/aromatic N) is 1. The molecule has 0 aromatic heterocycles. The average molecular weight is 515 g/mol. The molecule has 0 fully saturated rings. The van der Waals surface area contributed by atoms with Crippen molar-refractivity contribution in [2.45, 2.75) is 0 Å². The zero-order chi connectivity index (χ0) is 25.2. The minimum atomic E-state index is -0.927. The molecule has 9 nitrogen and oxygen atoms in total. The van der Waals surface area contributed by atoms with Gasteiger partial charge in [-0.2, -0.15) is 5.10 Å². The topological polar surface area (TPSA) is 118 Å². The van der Waals surface area contributed by atoms with E-state index in [1.54, 1.807) is 66.7 Å². The molecule has 3 amide bonds. The van der Waals surface area contributed by atoms with Crippen LogP contribution in [0.15, 0.2) is 71.8 Å². The third kappa shape index (κ3) is 8.33. The maximum atomic E-state index is 12.1. The Bertz CT molecular complexity index is 1210. The van der Waals surface area contributed by atoms with Gasteiger partial charge in [-0.1, -0.05) is 23.2 Å². The van der Waals surface area contributed by atoms with Gasteiger partial charge >= 0.3 is 11.8 Å². The van der Waals surface area contributed by atoms with E-state index in [0.29, 0.717) is 38.5 Å². The highest BCUT2D eigenvalue weighted by Crippen LogP contribution is 2.22. The third-order valence-corrected chi connectivity index (χ3v) is 4.77. The second kappa shape index (κ2) is 12.4. The van der Waals surface area contributed by atoms with Crippen molar-refractivity contribution < 1.29 is 23.9 Å². The van der Waals surface area contributed by atoms with E-state index in [2.05, 4.69) is 21.2 Å². The van der Waals surface area contributed by atoms with Crippen molar-refractivity contribution in [2.75, 3.05) is 24.4 Å². The number of rotatable bonds is 8. The lowest BCUT2D eigenvalue weighted by Crippen LogP contribution is -2.32. The van der Waals surface area contributed by atoms with Crippen molar-refractivity contribution in [3.05, 3.63) is 82.3 Å². The number of methoxy groups -OCH3 is 1. The van der Waals surface area contributed by atoms with Crippen molar-refractivity contribution in [1.29, 1.82) is 0 Å². The molecule has 0 unspecified atom stereocenters. The molecule has 0 saturated heterocycles. The predicted molar refractivity (Wildman–Crippen MR) is 134 cm³/mol. The summed E-state index contributed by atoms with van der Waals surface area (Å²) in [6.07, 6.45) is 1.36. The summed E-state index contributed by atoms with van der Waals surface area (Å²) in [5.41, 5.74) is 3.68. The number of benzene rings is 3. The Morgan fingerprint density at radius 2 is 1.46 bits per heavy atom. The molecule has 0 atom stereocenters. The molecule has 0 aliphatic rings. The number of halogens is 2. The van der Waals surface area contributed by atoms with E-state index in [4.69, 9.17) is 32.7 Å². The van der Waals surface area contributed by atoms with E-state index >= 15 is 0 Å². The molecule has 0 aliphatic heterocycles. The van der Waals surface area contributed by atoms with E-state index in [0.717, 1.165) is 0 Å². The van der Waals surface area contributed by atoms with Gasteiger partial charge in [0, 0.05) is 21.4 Å². The number of hydrogen-bond donors (Lipinski definition) is 3. The lowest BCUT2D eigenvalue weighted by Gasteiger charge is -2.08. The van der Waals surface area contributed by atoms with Crippen LogP contribution in [0, 0.1) is 0 Å². The Hall–Kier alpha value is -4.08. The molecule has 11 heteroatoms. The number of anilines is 2. The van der Waals surface area contributed by atoms with Gasteiger partial charge in [0.2, 0.25) is 0 Å². The normalized spacial score (nSPS) is 10.5. The summed E-state index contributed by atoms with van der Waals surface area (Å²) >= 11 is 11.8. The number of amides is 3. The minimum Gasteiger partial charge on any atom is -0.497 e. The lowest BCUT2D eigenvalue weighted by atomic mass is 10.2. The van der Waals surface area contributed by atoms with Crippen LogP contribution in [0.25, 0.3) is 0 Å². The van der Waals surface area contributed by atoms with Crippen LogP contribution in [0.4, 0.5) is 11.4 Å². The Labute approximate surface area is 211 Å². The number of hydrazone groups is 1. The summed E-state index contributed by atoms with van der Waals surface area (Å²) in [7, 11) is 1.53. The molecule has 3 rings (SSSR count). The molecule has 0 radical (unpaired) electrons. The summed E-state index contributed by atoms with van der Waals surface area (Å²) in [6.45, 7) is -0.225. The Balaban J connectivity index is 1.43. The molecule has 0 heterocycles. The van der Waals surface area contributed by atoms with Gasteiger partial charge in [0.25, 0.3) is 5.91 Å². The van der Waals surface area contributed by atoms with Crippen molar-refractivity contribution in [3.63, 3.8) is 0 Å². The number of hydrogen-bond acceptors (Lipinski definition) is 6. The number of ether oxygens (including phenoxy) is 2. The summed E-state index contributed by atoms with van der Waals surface area (Å²) < 4.78 is 10.5. The molecular formula is C24H20Cl2N4O5. The van der Waals surface area contributed by atoms with Gasteiger partial charge in [-0.25, -0.2) is 5.43 Å². The zero-order valence-electron chi connectivity index (χ0n) is 18.4. The molecule has 0 spiro atoms. The fraction of sp³-hybridized carbons (Fsp3) is 0.0833. The first-order valence-corrected chi connectivity index (χ1v) is 10.9. The predicted octanol–water partition coefficient (Wildman–Crippen LogP) is 4.11. The van der Waals surface area contributed by atoms with Crippen LogP contribution in [-0.4, -0.2) is 37.7 Å². The van der Waals surface area contributed by atoms with Crippen molar-refractivity contribution in [2.24, 2.45) is 5.10 Å².